The molecule has 0 atom stereocenters. The van der Waals surface area contributed by atoms with Crippen LogP contribution in [-0.4, -0.2) is 25.2 Å². The number of ether oxygens (including phenoxy) is 1. The first kappa shape index (κ1) is 11.9. The average molecular weight is 225 g/mol. The molecule has 0 aromatic heterocycles. The second kappa shape index (κ2) is 6.24. The van der Waals surface area contributed by atoms with E-state index in [2.05, 4.69) is 5.32 Å². The summed E-state index contributed by atoms with van der Waals surface area (Å²) in [5, 5.41) is 3.23. The highest BCUT2D eigenvalue weighted by Gasteiger charge is 2.23. The fraction of sp³-hybridized carbons (Fsp3) is 0.923. The van der Waals surface area contributed by atoms with E-state index in [0.29, 0.717) is 6.04 Å². The number of hydrogen-bond donors (Lipinski definition) is 1. The molecule has 3 heteroatoms. The first-order chi connectivity index (χ1) is 7.86. The normalized spacial score (nSPS) is 25.0. The van der Waals surface area contributed by atoms with E-state index < -0.39 is 0 Å². The summed E-state index contributed by atoms with van der Waals surface area (Å²) in [5.74, 6) is 0.479. The van der Waals surface area contributed by atoms with Crippen LogP contribution in [0.5, 0.6) is 0 Å². The number of amides is 1. The van der Waals surface area contributed by atoms with Crippen LogP contribution < -0.4 is 5.32 Å². The third-order valence-corrected chi connectivity index (χ3v) is 3.79. The zero-order valence-electron chi connectivity index (χ0n) is 10.0. The van der Waals surface area contributed by atoms with Gasteiger partial charge in [0, 0.05) is 25.2 Å². The number of nitrogens with one attached hydrogen (secondary N) is 1. The number of carbonyl (C=O) groups is 1. The highest BCUT2D eigenvalue weighted by atomic mass is 16.5. The maximum Gasteiger partial charge on any atom is 0.223 e. The van der Waals surface area contributed by atoms with Crippen molar-refractivity contribution in [2.45, 2.75) is 57.4 Å². The van der Waals surface area contributed by atoms with Gasteiger partial charge in [-0.1, -0.05) is 25.7 Å². The molecule has 1 aliphatic heterocycles. The van der Waals surface area contributed by atoms with Gasteiger partial charge >= 0.3 is 0 Å². The Morgan fingerprint density at radius 1 is 0.938 bits per heavy atom. The number of carbonyl (C=O) groups excluding carboxylic acids is 1. The van der Waals surface area contributed by atoms with Crippen LogP contribution in [0.25, 0.3) is 0 Å². The maximum atomic E-state index is 12.0. The second-order valence-electron chi connectivity index (χ2n) is 5.08. The van der Waals surface area contributed by atoms with Crippen molar-refractivity contribution < 1.29 is 9.53 Å². The molecule has 3 nitrogen and oxygen atoms in total. The van der Waals surface area contributed by atoms with Crippen molar-refractivity contribution in [3.05, 3.63) is 0 Å². The molecule has 16 heavy (non-hydrogen) atoms. The second-order valence-corrected chi connectivity index (χ2v) is 5.08. The Hall–Kier alpha value is -0.570. The van der Waals surface area contributed by atoms with Gasteiger partial charge in [-0.05, 0) is 25.7 Å². The van der Waals surface area contributed by atoms with E-state index in [-0.39, 0.29) is 11.8 Å². The molecule has 1 heterocycles. The minimum atomic E-state index is 0.206. The van der Waals surface area contributed by atoms with Gasteiger partial charge in [0.05, 0.1) is 0 Å². The van der Waals surface area contributed by atoms with E-state index >= 15 is 0 Å². The van der Waals surface area contributed by atoms with Gasteiger partial charge in [0.2, 0.25) is 5.91 Å². The molecule has 0 aromatic carbocycles. The Kier molecular flexibility index (Phi) is 4.64. The van der Waals surface area contributed by atoms with Crippen molar-refractivity contribution in [2.24, 2.45) is 5.92 Å². The molecule has 0 bridgehead atoms. The topological polar surface area (TPSA) is 38.3 Å². The molecule has 0 unspecified atom stereocenters. The number of rotatable bonds is 2. The summed E-state index contributed by atoms with van der Waals surface area (Å²) >= 11 is 0. The predicted molar refractivity (Wildman–Crippen MR) is 63.2 cm³/mol. The molecule has 2 rings (SSSR count). The lowest BCUT2D eigenvalue weighted by molar-refractivity contribution is -0.128. The Balaban J connectivity index is 1.76. The molecular weight excluding hydrogens is 202 g/mol. The largest absolute Gasteiger partial charge is 0.381 e. The molecule has 1 aliphatic carbocycles. The molecule has 1 saturated heterocycles. The van der Waals surface area contributed by atoms with Crippen molar-refractivity contribution in [1.82, 2.24) is 5.32 Å². The summed E-state index contributed by atoms with van der Waals surface area (Å²) in [6, 6.07) is 0.442. The quantitative estimate of drug-likeness (QED) is 0.732. The van der Waals surface area contributed by atoms with Crippen LogP contribution >= 0.6 is 0 Å². The van der Waals surface area contributed by atoms with E-state index in [1.54, 1.807) is 0 Å². The smallest absolute Gasteiger partial charge is 0.223 e. The summed E-state index contributed by atoms with van der Waals surface area (Å²) in [5.41, 5.74) is 0. The van der Waals surface area contributed by atoms with Crippen LogP contribution in [0.4, 0.5) is 0 Å². The molecule has 0 aromatic rings. The van der Waals surface area contributed by atoms with Crippen molar-refractivity contribution >= 4 is 5.91 Å². The van der Waals surface area contributed by atoms with E-state index in [9.17, 15) is 4.79 Å². The lowest BCUT2D eigenvalue weighted by atomic mass is 9.98. The average Bonchev–Trinajstić information content (AvgIpc) is 2.59. The zero-order chi connectivity index (χ0) is 11.2. The van der Waals surface area contributed by atoms with Crippen LogP contribution in [0.3, 0.4) is 0 Å². The first-order valence-electron chi connectivity index (χ1n) is 6.74. The van der Waals surface area contributed by atoms with Gasteiger partial charge < -0.3 is 10.1 Å². The van der Waals surface area contributed by atoms with Crippen LogP contribution in [0.15, 0.2) is 0 Å². The fourth-order valence-corrected chi connectivity index (χ4v) is 2.70. The third kappa shape index (κ3) is 3.48. The molecule has 0 radical (unpaired) electrons. The maximum absolute atomic E-state index is 12.0. The lowest BCUT2D eigenvalue weighted by Gasteiger charge is -2.24. The zero-order valence-corrected chi connectivity index (χ0v) is 10.0. The summed E-state index contributed by atoms with van der Waals surface area (Å²) in [6.45, 7) is 1.51. The molecular formula is C13H23NO2. The van der Waals surface area contributed by atoms with Crippen molar-refractivity contribution in [3.63, 3.8) is 0 Å². The van der Waals surface area contributed by atoms with Crippen LogP contribution in [0, 0.1) is 5.92 Å². The monoisotopic (exact) mass is 225 g/mol. The Morgan fingerprint density at radius 3 is 2.19 bits per heavy atom. The minimum absolute atomic E-state index is 0.206. The van der Waals surface area contributed by atoms with Crippen LogP contribution in [0.2, 0.25) is 0 Å². The van der Waals surface area contributed by atoms with Gasteiger partial charge in [-0.25, -0.2) is 0 Å². The van der Waals surface area contributed by atoms with Crippen molar-refractivity contribution in [3.8, 4) is 0 Å². The highest BCUT2D eigenvalue weighted by molar-refractivity contribution is 5.79. The summed E-state index contributed by atoms with van der Waals surface area (Å²) in [6.07, 6.45) is 9.38. The first-order valence-corrected chi connectivity index (χ1v) is 6.74. The Bertz CT molecular complexity index is 216. The predicted octanol–water partition coefficient (Wildman–Crippen LogP) is 2.25. The van der Waals surface area contributed by atoms with Gasteiger partial charge in [-0.15, -0.1) is 0 Å². The van der Waals surface area contributed by atoms with E-state index in [4.69, 9.17) is 4.74 Å². The van der Waals surface area contributed by atoms with Gasteiger partial charge in [0.25, 0.3) is 0 Å². The fourth-order valence-electron chi connectivity index (χ4n) is 2.70. The van der Waals surface area contributed by atoms with Crippen molar-refractivity contribution in [1.29, 1.82) is 0 Å². The standard InChI is InChI=1S/C13H23NO2/c15-13(11-7-9-16-10-8-11)14-12-5-3-1-2-4-6-12/h11-12H,1-10H2,(H,14,15). The summed E-state index contributed by atoms with van der Waals surface area (Å²) < 4.78 is 5.28. The Morgan fingerprint density at radius 2 is 1.56 bits per heavy atom. The summed E-state index contributed by atoms with van der Waals surface area (Å²) in [7, 11) is 0. The van der Waals surface area contributed by atoms with E-state index in [1.165, 1.54) is 38.5 Å². The Labute approximate surface area is 97.9 Å². The van der Waals surface area contributed by atoms with Crippen LogP contribution in [0.1, 0.15) is 51.4 Å². The van der Waals surface area contributed by atoms with Gasteiger partial charge in [0.1, 0.15) is 0 Å². The molecule has 1 saturated carbocycles. The minimum Gasteiger partial charge on any atom is -0.381 e. The molecule has 1 amide bonds. The van der Waals surface area contributed by atoms with Gasteiger partial charge in [-0.3, -0.25) is 4.79 Å². The van der Waals surface area contributed by atoms with Gasteiger partial charge in [0.15, 0.2) is 0 Å². The highest BCUT2D eigenvalue weighted by Crippen LogP contribution is 2.19. The lowest BCUT2D eigenvalue weighted by Crippen LogP contribution is -2.40. The van der Waals surface area contributed by atoms with E-state index in [1.807, 2.05) is 0 Å². The van der Waals surface area contributed by atoms with Gasteiger partial charge in [-0.2, -0.15) is 0 Å². The third-order valence-electron chi connectivity index (χ3n) is 3.79. The molecule has 92 valence electrons. The molecule has 2 fully saturated rings. The van der Waals surface area contributed by atoms with Crippen molar-refractivity contribution in [2.75, 3.05) is 13.2 Å². The number of hydrogen-bond acceptors (Lipinski definition) is 2. The molecule has 1 N–H and O–H groups in total. The van der Waals surface area contributed by atoms with E-state index in [0.717, 1.165) is 26.1 Å². The van der Waals surface area contributed by atoms with Crippen LogP contribution in [-0.2, 0) is 9.53 Å². The summed E-state index contributed by atoms with van der Waals surface area (Å²) in [4.78, 5) is 12.0. The SMILES string of the molecule is O=C(NC1CCCCCC1)C1CCOCC1. The molecule has 2 aliphatic rings. The molecule has 0 spiro atoms.